The summed E-state index contributed by atoms with van der Waals surface area (Å²) in [6.45, 7) is 2.87. The van der Waals surface area contributed by atoms with Crippen LogP contribution in [0.3, 0.4) is 0 Å². The van der Waals surface area contributed by atoms with E-state index in [1.54, 1.807) is 0 Å². The monoisotopic (exact) mass is 193 g/mol. The normalized spacial score (nSPS) is 15.4. The SMILES string of the molecule is Cc1nsc(NCC2CC2)c1C#N. The Balaban J connectivity index is 2.05. The Kier molecular flexibility index (Phi) is 2.19. The molecule has 0 saturated heterocycles. The van der Waals surface area contributed by atoms with Gasteiger partial charge in [0.2, 0.25) is 0 Å². The molecule has 1 aliphatic carbocycles. The fraction of sp³-hybridized carbons (Fsp3) is 0.556. The molecule has 13 heavy (non-hydrogen) atoms. The number of nitrogens with zero attached hydrogens (tertiary/aromatic N) is 2. The minimum Gasteiger partial charge on any atom is -0.374 e. The van der Waals surface area contributed by atoms with Crippen molar-refractivity contribution in [3.05, 3.63) is 11.3 Å². The van der Waals surface area contributed by atoms with Gasteiger partial charge in [-0.3, -0.25) is 0 Å². The van der Waals surface area contributed by atoms with Crippen LogP contribution in [0.2, 0.25) is 0 Å². The Morgan fingerprint density at radius 2 is 2.46 bits per heavy atom. The third-order valence-electron chi connectivity index (χ3n) is 2.22. The number of aryl methyl sites for hydroxylation is 1. The van der Waals surface area contributed by atoms with E-state index >= 15 is 0 Å². The summed E-state index contributed by atoms with van der Waals surface area (Å²) >= 11 is 1.39. The first kappa shape index (κ1) is 8.52. The lowest BCUT2D eigenvalue weighted by atomic mass is 10.3. The highest BCUT2D eigenvalue weighted by molar-refractivity contribution is 7.10. The van der Waals surface area contributed by atoms with Gasteiger partial charge in [-0.25, -0.2) is 0 Å². The summed E-state index contributed by atoms with van der Waals surface area (Å²) in [6, 6.07) is 2.17. The van der Waals surface area contributed by atoms with Crippen molar-refractivity contribution in [2.45, 2.75) is 19.8 Å². The zero-order valence-electron chi connectivity index (χ0n) is 7.50. The predicted molar refractivity (Wildman–Crippen MR) is 52.8 cm³/mol. The quantitative estimate of drug-likeness (QED) is 0.800. The Hall–Kier alpha value is -1.08. The summed E-state index contributed by atoms with van der Waals surface area (Å²) in [7, 11) is 0. The summed E-state index contributed by atoms with van der Waals surface area (Å²) in [5, 5.41) is 13.1. The number of anilines is 1. The first-order valence-corrected chi connectivity index (χ1v) is 5.19. The molecule has 1 saturated carbocycles. The van der Waals surface area contributed by atoms with Crippen molar-refractivity contribution in [1.82, 2.24) is 4.37 Å². The molecule has 1 aliphatic rings. The van der Waals surface area contributed by atoms with Crippen LogP contribution in [-0.4, -0.2) is 10.9 Å². The van der Waals surface area contributed by atoms with Crippen molar-refractivity contribution in [2.75, 3.05) is 11.9 Å². The largest absolute Gasteiger partial charge is 0.374 e. The van der Waals surface area contributed by atoms with E-state index in [2.05, 4.69) is 15.8 Å². The molecule has 2 rings (SSSR count). The maximum Gasteiger partial charge on any atom is 0.127 e. The second kappa shape index (κ2) is 3.35. The van der Waals surface area contributed by atoms with Crippen LogP contribution in [0.25, 0.3) is 0 Å². The van der Waals surface area contributed by atoms with E-state index in [0.717, 1.165) is 23.2 Å². The number of rotatable bonds is 3. The maximum atomic E-state index is 8.85. The van der Waals surface area contributed by atoms with Gasteiger partial charge in [-0.15, -0.1) is 0 Å². The van der Waals surface area contributed by atoms with Crippen molar-refractivity contribution in [2.24, 2.45) is 5.92 Å². The topological polar surface area (TPSA) is 48.7 Å². The van der Waals surface area contributed by atoms with Crippen molar-refractivity contribution >= 4 is 16.5 Å². The highest BCUT2D eigenvalue weighted by Crippen LogP contribution is 2.30. The molecular formula is C9H11N3S. The van der Waals surface area contributed by atoms with Crippen LogP contribution in [0, 0.1) is 24.2 Å². The van der Waals surface area contributed by atoms with Gasteiger partial charge in [0, 0.05) is 6.54 Å². The van der Waals surface area contributed by atoms with E-state index in [1.165, 1.54) is 24.4 Å². The highest BCUT2D eigenvalue weighted by Gasteiger charge is 2.21. The van der Waals surface area contributed by atoms with Crippen LogP contribution in [0.15, 0.2) is 0 Å². The van der Waals surface area contributed by atoms with Gasteiger partial charge in [0.05, 0.1) is 5.69 Å². The third-order valence-corrected chi connectivity index (χ3v) is 3.12. The average molecular weight is 193 g/mol. The first-order chi connectivity index (χ1) is 6.31. The third kappa shape index (κ3) is 1.81. The van der Waals surface area contributed by atoms with Crippen molar-refractivity contribution in [3.8, 4) is 6.07 Å². The molecule has 68 valence electrons. The molecule has 0 amide bonds. The second-order valence-electron chi connectivity index (χ2n) is 3.41. The Morgan fingerprint density at radius 3 is 3.08 bits per heavy atom. The Labute approximate surface area is 81.6 Å². The van der Waals surface area contributed by atoms with E-state index < -0.39 is 0 Å². The number of aromatic nitrogens is 1. The molecule has 1 N–H and O–H groups in total. The molecule has 0 bridgehead atoms. The van der Waals surface area contributed by atoms with E-state index in [-0.39, 0.29) is 0 Å². The Bertz CT molecular complexity index is 346. The molecule has 4 heteroatoms. The summed E-state index contributed by atoms with van der Waals surface area (Å²) in [6.07, 6.45) is 2.65. The summed E-state index contributed by atoms with van der Waals surface area (Å²) < 4.78 is 4.14. The molecule has 0 spiro atoms. The smallest absolute Gasteiger partial charge is 0.127 e. The molecule has 0 aliphatic heterocycles. The molecule has 1 heterocycles. The van der Waals surface area contributed by atoms with E-state index in [0.29, 0.717) is 5.56 Å². The van der Waals surface area contributed by atoms with Gasteiger partial charge in [0.1, 0.15) is 16.6 Å². The number of hydrogen-bond acceptors (Lipinski definition) is 4. The molecule has 1 aromatic rings. The van der Waals surface area contributed by atoms with Gasteiger partial charge in [0.15, 0.2) is 0 Å². The molecule has 1 fully saturated rings. The fourth-order valence-corrected chi connectivity index (χ4v) is 1.93. The summed E-state index contributed by atoms with van der Waals surface area (Å²) in [4.78, 5) is 0. The zero-order valence-corrected chi connectivity index (χ0v) is 8.32. The van der Waals surface area contributed by atoms with Gasteiger partial charge >= 0.3 is 0 Å². The van der Waals surface area contributed by atoms with Gasteiger partial charge in [-0.05, 0) is 37.2 Å². The van der Waals surface area contributed by atoms with Gasteiger partial charge in [-0.1, -0.05) is 0 Å². The van der Waals surface area contributed by atoms with Crippen LogP contribution in [0.1, 0.15) is 24.1 Å². The lowest BCUT2D eigenvalue weighted by Gasteiger charge is -2.00. The predicted octanol–water partition coefficient (Wildman–Crippen LogP) is 2.15. The number of hydrogen-bond donors (Lipinski definition) is 1. The highest BCUT2D eigenvalue weighted by atomic mass is 32.1. The molecule has 0 unspecified atom stereocenters. The van der Waals surface area contributed by atoms with E-state index in [9.17, 15) is 0 Å². The van der Waals surface area contributed by atoms with Crippen molar-refractivity contribution in [3.63, 3.8) is 0 Å². The number of nitrogens with one attached hydrogen (secondary N) is 1. The molecular weight excluding hydrogens is 182 g/mol. The van der Waals surface area contributed by atoms with Crippen LogP contribution in [0.4, 0.5) is 5.00 Å². The van der Waals surface area contributed by atoms with Crippen LogP contribution in [-0.2, 0) is 0 Å². The van der Waals surface area contributed by atoms with Gasteiger partial charge in [-0.2, -0.15) is 9.64 Å². The second-order valence-corrected chi connectivity index (χ2v) is 4.18. The minimum absolute atomic E-state index is 0.714. The lowest BCUT2D eigenvalue weighted by Crippen LogP contribution is -2.02. The van der Waals surface area contributed by atoms with Crippen LogP contribution >= 0.6 is 11.5 Å². The standard InChI is InChI=1S/C9H11N3S/c1-6-8(4-10)9(13-12-6)11-5-7-2-3-7/h7,11H,2-3,5H2,1H3. The molecule has 0 aromatic carbocycles. The van der Waals surface area contributed by atoms with Crippen molar-refractivity contribution < 1.29 is 0 Å². The minimum atomic E-state index is 0.714. The van der Waals surface area contributed by atoms with E-state index in [4.69, 9.17) is 5.26 Å². The number of nitriles is 1. The molecule has 0 atom stereocenters. The van der Waals surface area contributed by atoms with Crippen LogP contribution < -0.4 is 5.32 Å². The first-order valence-electron chi connectivity index (χ1n) is 4.41. The summed E-state index contributed by atoms with van der Waals surface area (Å²) in [5.41, 5.74) is 1.55. The van der Waals surface area contributed by atoms with E-state index in [1.807, 2.05) is 6.92 Å². The van der Waals surface area contributed by atoms with Gasteiger partial charge in [0.25, 0.3) is 0 Å². The average Bonchev–Trinajstić information content (AvgIpc) is 2.88. The molecule has 0 radical (unpaired) electrons. The van der Waals surface area contributed by atoms with Crippen molar-refractivity contribution in [1.29, 1.82) is 5.26 Å². The van der Waals surface area contributed by atoms with Crippen LogP contribution in [0.5, 0.6) is 0 Å². The Morgan fingerprint density at radius 1 is 1.69 bits per heavy atom. The molecule has 3 nitrogen and oxygen atoms in total. The summed E-state index contributed by atoms with van der Waals surface area (Å²) in [5.74, 6) is 0.828. The lowest BCUT2D eigenvalue weighted by molar-refractivity contribution is 0.891. The van der Waals surface area contributed by atoms with Gasteiger partial charge < -0.3 is 5.32 Å². The fourth-order valence-electron chi connectivity index (χ4n) is 1.18. The zero-order chi connectivity index (χ0) is 9.26. The molecule has 1 aromatic heterocycles. The maximum absolute atomic E-state index is 8.85.